The van der Waals surface area contributed by atoms with Gasteiger partial charge in [-0.15, -0.1) is 0 Å². The Morgan fingerprint density at radius 1 is 1.16 bits per heavy atom. The van der Waals surface area contributed by atoms with E-state index in [4.69, 9.17) is 14.2 Å². The first kappa shape index (κ1) is 25.4. The van der Waals surface area contributed by atoms with E-state index < -0.39 is 42.3 Å². The average Bonchev–Trinajstić information content (AvgIpc) is 3.01. The second kappa shape index (κ2) is 9.96. The largest absolute Gasteiger partial charge is 0.453 e. The van der Waals surface area contributed by atoms with Gasteiger partial charge in [-0.2, -0.15) is 0 Å². The van der Waals surface area contributed by atoms with E-state index in [-0.39, 0.29) is 0 Å². The van der Waals surface area contributed by atoms with Gasteiger partial charge in [0, 0.05) is 5.57 Å². The fourth-order valence-electron chi connectivity index (χ4n) is 5.57. The van der Waals surface area contributed by atoms with Crippen LogP contribution in [0.4, 0.5) is 0 Å². The zero-order valence-electron chi connectivity index (χ0n) is 20.8. The Labute approximate surface area is 193 Å². The molecule has 32 heavy (non-hydrogen) atoms. The Kier molecular flexibility index (Phi) is 7.91. The Balaban J connectivity index is 1.75. The molecule has 0 amide bonds. The van der Waals surface area contributed by atoms with Gasteiger partial charge in [0.1, 0.15) is 12.2 Å². The number of carbonyl (C=O) groups is 1. The van der Waals surface area contributed by atoms with Crippen LogP contribution in [-0.2, 0) is 19.0 Å². The molecule has 1 saturated carbocycles. The van der Waals surface area contributed by atoms with Crippen molar-refractivity contribution in [1.82, 2.24) is 0 Å². The zero-order valence-corrected chi connectivity index (χ0v) is 20.8. The minimum absolute atomic E-state index is 0.294. The van der Waals surface area contributed by atoms with Crippen molar-refractivity contribution in [2.24, 2.45) is 17.8 Å². The number of rotatable bonds is 5. The van der Waals surface area contributed by atoms with E-state index >= 15 is 0 Å². The van der Waals surface area contributed by atoms with Crippen LogP contribution in [0.2, 0.25) is 0 Å². The number of fused-ring (bicyclic) bond motifs is 1. The summed E-state index contributed by atoms with van der Waals surface area (Å²) in [5.74, 6) is 1.09. The first-order chi connectivity index (χ1) is 15.0. The first-order valence-corrected chi connectivity index (χ1v) is 12.2. The minimum atomic E-state index is -1.28. The molecule has 182 valence electrons. The number of hydrogen-bond donors (Lipinski definition) is 2. The molecule has 6 heteroatoms. The lowest BCUT2D eigenvalue weighted by molar-refractivity contribution is -0.323. The quantitative estimate of drug-likeness (QED) is 0.369. The van der Waals surface area contributed by atoms with Gasteiger partial charge in [0.25, 0.3) is 0 Å². The highest BCUT2D eigenvalue weighted by Crippen LogP contribution is 2.48. The molecule has 0 aromatic carbocycles. The number of allylic oxidation sites excluding steroid dienone is 3. The van der Waals surface area contributed by atoms with Crippen molar-refractivity contribution in [2.75, 3.05) is 0 Å². The van der Waals surface area contributed by atoms with Crippen LogP contribution in [0, 0.1) is 17.8 Å². The highest BCUT2D eigenvalue weighted by atomic mass is 16.7. The molecule has 3 aliphatic rings. The van der Waals surface area contributed by atoms with Crippen LogP contribution >= 0.6 is 0 Å². The van der Waals surface area contributed by atoms with Gasteiger partial charge in [0.05, 0.1) is 11.7 Å². The lowest BCUT2D eigenvalue weighted by atomic mass is 9.82. The van der Waals surface area contributed by atoms with Gasteiger partial charge < -0.3 is 24.4 Å². The SMILES string of the molecule is C/C=C(/C)C(=O)O[C@H]1[C@H](O)[C@@H](OC(C)(C)[C@@H]2CC[C@H](C)[C@@H]3CCC(C)=C3C2)O[C@@H](C)[C@@H]1O. The number of aliphatic hydroxyl groups is 2. The fourth-order valence-corrected chi connectivity index (χ4v) is 5.57. The lowest BCUT2D eigenvalue weighted by Crippen LogP contribution is -2.60. The Hall–Kier alpha value is -1.21. The summed E-state index contributed by atoms with van der Waals surface area (Å²) in [6.07, 6.45) is 2.17. The Bertz CT molecular complexity index is 753. The molecule has 0 unspecified atom stereocenters. The number of carbonyl (C=O) groups excluding carboxylic acids is 1. The molecule has 0 aromatic rings. The average molecular weight is 451 g/mol. The van der Waals surface area contributed by atoms with Gasteiger partial charge >= 0.3 is 5.97 Å². The van der Waals surface area contributed by atoms with Crippen molar-refractivity contribution in [1.29, 1.82) is 0 Å². The van der Waals surface area contributed by atoms with E-state index in [0.29, 0.717) is 23.3 Å². The van der Waals surface area contributed by atoms with Crippen LogP contribution in [0.25, 0.3) is 0 Å². The standard InChI is InChI=1S/C26H42O6/c1-8-14(2)24(29)31-23-21(27)17(5)30-25(22(23)28)32-26(6,7)18-11-9-15(3)19-12-10-16(4)20(19)13-18/h8,15,17-19,21-23,25,27-28H,9-13H2,1-7H3/b14-8-/t15-,17-,18+,19-,21-,22-,23+,25+/m0/s1. The van der Waals surface area contributed by atoms with E-state index in [1.165, 1.54) is 18.4 Å². The summed E-state index contributed by atoms with van der Waals surface area (Å²) in [7, 11) is 0. The molecule has 8 atom stereocenters. The van der Waals surface area contributed by atoms with Gasteiger partial charge in [-0.1, -0.05) is 24.1 Å². The normalized spacial score (nSPS) is 39.0. The molecular formula is C26H42O6. The minimum Gasteiger partial charge on any atom is -0.453 e. The molecule has 0 aromatic heterocycles. The summed E-state index contributed by atoms with van der Waals surface area (Å²) in [4.78, 5) is 12.3. The molecule has 3 rings (SSSR count). The van der Waals surface area contributed by atoms with Crippen LogP contribution in [0.15, 0.2) is 22.8 Å². The van der Waals surface area contributed by atoms with Crippen molar-refractivity contribution in [3.63, 3.8) is 0 Å². The topological polar surface area (TPSA) is 85.2 Å². The summed E-state index contributed by atoms with van der Waals surface area (Å²) >= 11 is 0. The molecule has 1 saturated heterocycles. The van der Waals surface area contributed by atoms with Gasteiger partial charge in [-0.05, 0) is 91.4 Å². The molecular weight excluding hydrogens is 408 g/mol. The van der Waals surface area contributed by atoms with Gasteiger partial charge in [0.15, 0.2) is 12.4 Å². The fraction of sp³-hybridized carbons (Fsp3) is 0.808. The van der Waals surface area contributed by atoms with Crippen molar-refractivity contribution in [2.45, 2.75) is 117 Å². The summed E-state index contributed by atoms with van der Waals surface area (Å²) in [6.45, 7) is 13.8. The predicted molar refractivity (Wildman–Crippen MR) is 123 cm³/mol. The third-order valence-electron chi connectivity index (χ3n) is 8.13. The second-order valence-corrected chi connectivity index (χ2v) is 10.7. The molecule has 0 bridgehead atoms. The number of esters is 1. The molecule has 1 aliphatic heterocycles. The third-order valence-corrected chi connectivity index (χ3v) is 8.13. The van der Waals surface area contributed by atoms with E-state index in [2.05, 4.69) is 27.7 Å². The van der Waals surface area contributed by atoms with E-state index in [1.807, 2.05) is 0 Å². The zero-order chi connectivity index (χ0) is 23.8. The lowest BCUT2D eigenvalue weighted by Gasteiger charge is -2.45. The predicted octanol–water partition coefficient (Wildman–Crippen LogP) is 4.29. The maximum atomic E-state index is 12.3. The van der Waals surface area contributed by atoms with Crippen LogP contribution in [0.1, 0.15) is 80.6 Å². The van der Waals surface area contributed by atoms with Crippen molar-refractivity contribution in [3.8, 4) is 0 Å². The summed E-state index contributed by atoms with van der Waals surface area (Å²) in [6, 6.07) is 0. The summed E-state index contributed by atoms with van der Waals surface area (Å²) < 4.78 is 17.7. The molecule has 1 heterocycles. The maximum absolute atomic E-state index is 12.3. The molecule has 0 radical (unpaired) electrons. The molecule has 2 aliphatic carbocycles. The van der Waals surface area contributed by atoms with Gasteiger partial charge in [-0.3, -0.25) is 0 Å². The molecule has 2 fully saturated rings. The van der Waals surface area contributed by atoms with Crippen molar-refractivity contribution in [3.05, 3.63) is 22.8 Å². The maximum Gasteiger partial charge on any atom is 0.333 e. The monoisotopic (exact) mass is 450 g/mol. The van der Waals surface area contributed by atoms with E-state index in [1.54, 1.807) is 32.4 Å². The van der Waals surface area contributed by atoms with Crippen molar-refractivity contribution < 1.29 is 29.2 Å². The first-order valence-electron chi connectivity index (χ1n) is 12.2. The van der Waals surface area contributed by atoms with Crippen LogP contribution in [0.3, 0.4) is 0 Å². The second-order valence-electron chi connectivity index (χ2n) is 10.7. The summed E-state index contributed by atoms with van der Waals surface area (Å²) in [5.41, 5.74) is 3.00. The molecule has 6 nitrogen and oxygen atoms in total. The van der Waals surface area contributed by atoms with E-state index in [0.717, 1.165) is 19.3 Å². The Morgan fingerprint density at radius 3 is 2.50 bits per heavy atom. The van der Waals surface area contributed by atoms with Gasteiger partial charge in [0.2, 0.25) is 0 Å². The van der Waals surface area contributed by atoms with Gasteiger partial charge in [-0.25, -0.2) is 4.79 Å². The number of hydrogen-bond acceptors (Lipinski definition) is 6. The summed E-state index contributed by atoms with van der Waals surface area (Å²) in [5, 5.41) is 21.5. The number of ether oxygens (including phenoxy) is 3. The van der Waals surface area contributed by atoms with Crippen LogP contribution < -0.4 is 0 Å². The van der Waals surface area contributed by atoms with Crippen LogP contribution in [-0.4, -0.2) is 52.5 Å². The Morgan fingerprint density at radius 2 is 1.84 bits per heavy atom. The van der Waals surface area contributed by atoms with Crippen molar-refractivity contribution >= 4 is 5.97 Å². The van der Waals surface area contributed by atoms with Crippen LogP contribution in [0.5, 0.6) is 0 Å². The smallest absolute Gasteiger partial charge is 0.333 e. The number of aliphatic hydroxyl groups excluding tert-OH is 2. The van der Waals surface area contributed by atoms with E-state index in [9.17, 15) is 15.0 Å². The molecule has 0 spiro atoms. The third kappa shape index (κ3) is 5.14. The highest BCUT2D eigenvalue weighted by Gasteiger charge is 2.49. The highest BCUT2D eigenvalue weighted by molar-refractivity contribution is 5.87. The molecule has 2 N–H and O–H groups in total.